The summed E-state index contributed by atoms with van der Waals surface area (Å²) in [7, 11) is 0. The van der Waals surface area contributed by atoms with E-state index in [2.05, 4.69) is 5.16 Å². The fraction of sp³-hybridized carbons (Fsp3) is 0.333. The van der Waals surface area contributed by atoms with Crippen LogP contribution in [-0.2, 0) is 11.3 Å². The second-order valence-electron chi connectivity index (χ2n) is 7.62. The van der Waals surface area contributed by atoms with Gasteiger partial charge in [0.15, 0.2) is 17.3 Å². The molecule has 0 unspecified atom stereocenters. The minimum absolute atomic E-state index is 0.0422. The summed E-state index contributed by atoms with van der Waals surface area (Å²) in [5, 5.41) is 4.10. The third-order valence-electron chi connectivity index (χ3n) is 5.39. The zero-order valence-electron chi connectivity index (χ0n) is 18.3. The lowest BCUT2D eigenvalue weighted by atomic mass is 10.1. The molecular formula is C24H27N3O4. The smallest absolute Gasteiger partial charge is 0.246 e. The molecule has 7 heteroatoms. The number of fused-ring (bicyclic) bond motifs is 1. The number of carbonyl (C=O) groups is 1. The second-order valence-corrected chi connectivity index (χ2v) is 7.62. The van der Waals surface area contributed by atoms with Crippen molar-refractivity contribution in [1.82, 2.24) is 14.6 Å². The van der Waals surface area contributed by atoms with E-state index in [0.29, 0.717) is 26.3 Å². The zero-order chi connectivity index (χ0) is 22.0. The lowest BCUT2D eigenvalue weighted by molar-refractivity contribution is -0.126. The van der Waals surface area contributed by atoms with Gasteiger partial charge in [0.2, 0.25) is 5.91 Å². The van der Waals surface area contributed by atoms with Crippen molar-refractivity contribution in [2.45, 2.75) is 34.2 Å². The molecule has 1 aromatic carbocycles. The van der Waals surface area contributed by atoms with Crippen LogP contribution >= 0.6 is 0 Å². The predicted octanol–water partition coefficient (Wildman–Crippen LogP) is 4.22. The molecule has 1 aliphatic heterocycles. The van der Waals surface area contributed by atoms with E-state index in [1.165, 1.54) is 0 Å². The molecule has 4 rings (SSSR count). The van der Waals surface area contributed by atoms with Gasteiger partial charge < -0.3 is 18.9 Å². The minimum atomic E-state index is -0.0422. The van der Waals surface area contributed by atoms with Crippen molar-refractivity contribution in [2.24, 2.45) is 0 Å². The summed E-state index contributed by atoms with van der Waals surface area (Å²) in [6.45, 7) is 10.1. The third kappa shape index (κ3) is 4.35. The van der Waals surface area contributed by atoms with Crippen LogP contribution in [0, 0.1) is 20.8 Å². The Balaban J connectivity index is 1.49. The third-order valence-corrected chi connectivity index (χ3v) is 5.39. The number of carbonyl (C=O) groups excluding carboxylic acids is 1. The number of likely N-dealkylation sites (N-methyl/N-ethyl adjacent to an activating group) is 1. The lowest BCUT2D eigenvalue weighted by Crippen LogP contribution is -2.28. The highest BCUT2D eigenvalue weighted by molar-refractivity contribution is 5.92. The number of hydrogen-bond donors (Lipinski definition) is 0. The number of aryl methyl sites for hydroxylation is 2. The minimum Gasteiger partial charge on any atom is -0.486 e. The Labute approximate surface area is 181 Å². The predicted molar refractivity (Wildman–Crippen MR) is 118 cm³/mol. The van der Waals surface area contributed by atoms with Crippen LogP contribution < -0.4 is 9.47 Å². The van der Waals surface area contributed by atoms with E-state index in [-0.39, 0.29) is 5.91 Å². The van der Waals surface area contributed by atoms with Crippen LogP contribution in [0.25, 0.3) is 11.9 Å². The molecule has 2 aromatic heterocycles. The molecule has 0 saturated heterocycles. The molecule has 0 saturated carbocycles. The number of nitrogens with zero attached hydrogens (tertiary/aromatic N) is 3. The van der Waals surface area contributed by atoms with Gasteiger partial charge in [0.1, 0.15) is 19.0 Å². The lowest BCUT2D eigenvalue weighted by Gasteiger charge is -2.22. The molecule has 0 aliphatic carbocycles. The number of hydrogen-bond acceptors (Lipinski definition) is 5. The van der Waals surface area contributed by atoms with Gasteiger partial charge in [0.05, 0.1) is 0 Å². The van der Waals surface area contributed by atoms with E-state index < -0.39 is 0 Å². The Morgan fingerprint density at radius 1 is 1.13 bits per heavy atom. The van der Waals surface area contributed by atoms with Crippen LogP contribution in [0.1, 0.15) is 35.2 Å². The topological polar surface area (TPSA) is 69.7 Å². The monoisotopic (exact) mass is 421 g/mol. The average Bonchev–Trinajstić information content (AvgIpc) is 3.31. The van der Waals surface area contributed by atoms with Gasteiger partial charge in [-0.3, -0.25) is 9.36 Å². The quantitative estimate of drug-likeness (QED) is 0.557. The molecule has 162 valence electrons. The Hall–Kier alpha value is -3.48. The molecule has 0 atom stereocenters. The van der Waals surface area contributed by atoms with Crippen molar-refractivity contribution in [2.75, 3.05) is 19.8 Å². The van der Waals surface area contributed by atoms with Crippen LogP contribution in [-0.4, -0.2) is 40.3 Å². The molecule has 7 nitrogen and oxygen atoms in total. The molecule has 1 amide bonds. The van der Waals surface area contributed by atoms with Gasteiger partial charge in [0.25, 0.3) is 0 Å². The number of amides is 1. The van der Waals surface area contributed by atoms with Crippen molar-refractivity contribution in [3.8, 4) is 17.3 Å². The van der Waals surface area contributed by atoms with Crippen molar-refractivity contribution in [3.63, 3.8) is 0 Å². The number of rotatable bonds is 6. The average molecular weight is 421 g/mol. The van der Waals surface area contributed by atoms with Crippen LogP contribution in [0.4, 0.5) is 0 Å². The Kier molecular flexibility index (Phi) is 5.84. The normalized spacial score (nSPS) is 13.0. The van der Waals surface area contributed by atoms with Gasteiger partial charge in [-0.1, -0.05) is 11.2 Å². The molecule has 0 fully saturated rings. The number of benzene rings is 1. The maximum absolute atomic E-state index is 12.9. The molecule has 0 N–H and O–H groups in total. The van der Waals surface area contributed by atoms with E-state index in [4.69, 9.17) is 14.0 Å². The van der Waals surface area contributed by atoms with Gasteiger partial charge in [0, 0.05) is 36.6 Å². The SMILES string of the molecule is CCN(Cc1ccc2c(c1)OCCO2)C(=O)C=Cc1cc(C)n(-c2cc(C)on2)c1C. The van der Waals surface area contributed by atoms with Gasteiger partial charge >= 0.3 is 0 Å². The summed E-state index contributed by atoms with van der Waals surface area (Å²) in [5.74, 6) is 2.94. The molecule has 3 aromatic rings. The summed E-state index contributed by atoms with van der Waals surface area (Å²) < 4.78 is 18.5. The van der Waals surface area contributed by atoms with E-state index in [1.807, 2.05) is 68.7 Å². The Morgan fingerprint density at radius 3 is 2.61 bits per heavy atom. The largest absolute Gasteiger partial charge is 0.486 e. The van der Waals surface area contributed by atoms with Gasteiger partial charge in [-0.25, -0.2) is 0 Å². The van der Waals surface area contributed by atoms with Crippen LogP contribution in [0.2, 0.25) is 0 Å². The molecule has 0 bridgehead atoms. The summed E-state index contributed by atoms with van der Waals surface area (Å²) >= 11 is 0. The molecule has 1 aliphatic rings. The van der Waals surface area contributed by atoms with Crippen molar-refractivity contribution in [3.05, 3.63) is 64.7 Å². The van der Waals surface area contributed by atoms with Crippen molar-refractivity contribution >= 4 is 12.0 Å². The highest BCUT2D eigenvalue weighted by Crippen LogP contribution is 2.31. The van der Waals surface area contributed by atoms with E-state index >= 15 is 0 Å². The summed E-state index contributed by atoms with van der Waals surface area (Å²) in [6.07, 6.45) is 3.49. The number of aromatic nitrogens is 2. The van der Waals surface area contributed by atoms with E-state index in [9.17, 15) is 4.79 Å². The van der Waals surface area contributed by atoms with Gasteiger partial charge in [-0.15, -0.1) is 0 Å². The van der Waals surface area contributed by atoms with Crippen LogP contribution in [0.3, 0.4) is 0 Å². The van der Waals surface area contributed by atoms with Crippen molar-refractivity contribution in [1.29, 1.82) is 0 Å². The van der Waals surface area contributed by atoms with Crippen LogP contribution in [0.5, 0.6) is 11.5 Å². The van der Waals surface area contributed by atoms with Gasteiger partial charge in [-0.2, -0.15) is 0 Å². The molecule has 0 radical (unpaired) electrons. The maximum atomic E-state index is 12.9. The first-order valence-corrected chi connectivity index (χ1v) is 10.4. The first-order chi connectivity index (χ1) is 15.0. The zero-order valence-corrected chi connectivity index (χ0v) is 18.3. The summed E-state index contributed by atoms with van der Waals surface area (Å²) in [6, 6.07) is 9.76. The van der Waals surface area contributed by atoms with Gasteiger partial charge in [-0.05, 0) is 63.1 Å². The molecule has 31 heavy (non-hydrogen) atoms. The standard InChI is InChI=1S/C24H27N3O4/c1-5-26(15-19-6-8-21-22(14-19)30-11-10-29-21)24(28)9-7-20-12-16(2)27(18(20)4)23-13-17(3)31-25-23/h6-9,12-14H,5,10-11,15H2,1-4H3. The highest BCUT2D eigenvalue weighted by atomic mass is 16.6. The summed E-state index contributed by atoms with van der Waals surface area (Å²) in [5.41, 5.74) is 4.01. The first kappa shape index (κ1) is 20.8. The second kappa shape index (κ2) is 8.71. The van der Waals surface area contributed by atoms with E-state index in [1.54, 1.807) is 11.0 Å². The summed E-state index contributed by atoms with van der Waals surface area (Å²) in [4.78, 5) is 14.7. The highest BCUT2D eigenvalue weighted by Gasteiger charge is 2.16. The molecule has 3 heterocycles. The fourth-order valence-electron chi connectivity index (χ4n) is 3.79. The van der Waals surface area contributed by atoms with Crippen molar-refractivity contribution < 1.29 is 18.8 Å². The van der Waals surface area contributed by atoms with Crippen LogP contribution in [0.15, 0.2) is 40.9 Å². The van der Waals surface area contributed by atoms with E-state index in [0.717, 1.165) is 45.6 Å². The first-order valence-electron chi connectivity index (χ1n) is 10.4. The maximum Gasteiger partial charge on any atom is 0.246 e. The Morgan fingerprint density at radius 2 is 1.90 bits per heavy atom. The Bertz CT molecular complexity index is 1130. The fourth-order valence-corrected chi connectivity index (χ4v) is 3.79. The number of ether oxygens (including phenoxy) is 2. The molecule has 0 spiro atoms. The molecular weight excluding hydrogens is 394 g/mol.